The van der Waals surface area contributed by atoms with Gasteiger partial charge in [-0.15, -0.1) is 0 Å². The molecular formula is C15H32N4O. The average Bonchev–Trinajstić information content (AvgIpc) is 2.37. The molecule has 1 aliphatic heterocycles. The zero-order chi connectivity index (χ0) is 15.2. The summed E-state index contributed by atoms with van der Waals surface area (Å²) in [6, 6.07) is 0. The van der Waals surface area contributed by atoms with E-state index in [4.69, 9.17) is 5.73 Å². The van der Waals surface area contributed by atoms with Crippen LogP contribution in [-0.4, -0.2) is 68.1 Å². The molecule has 0 spiro atoms. The number of primary amides is 1. The van der Waals surface area contributed by atoms with E-state index in [1.807, 2.05) is 13.8 Å². The lowest BCUT2D eigenvalue weighted by molar-refractivity contribution is -0.124. The van der Waals surface area contributed by atoms with Gasteiger partial charge in [-0.3, -0.25) is 4.79 Å². The molecule has 3 N–H and O–H groups in total. The van der Waals surface area contributed by atoms with Crippen LogP contribution in [0.15, 0.2) is 0 Å². The summed E-state index contributed by atoms with van der Waals surface area (Å²) in [6.45, 7) is 9.10. The summed E-state index contributed by atoms with van der Waals surface area (Å²) in [5, 5.41) is 3.23. The van der Waals surface area contributed by atoms with Gasteiger partial charge in [-0.05, 0) is 65.8 Å². The maximum atomic E-state index is 11.6. The van der Waals surface area contributed by atoms with E-state index in [2.05, 4.69) is 29.2 Å². The molecule has 1 fully saturated rings. The number of carbonyl (C=O) groups excluding carboxylic acids is 1. The Balaban J connectivity index is 2.34. The number of rotatable bonds is 8. The SMILES string of the molecule is CCNC(C)(CCN1CCC(CN(C)C)CC1)C(N)=O. The van der Waals surface area contributed by atoms with Gasteiger partial charge in [0.1, 0.15) is 0 Å². The highest BCUT2D eigenvalue weighted by Gasteiger charge is 2.30. The summed E-state index contributed by atoms with van der Waals surface area (Å²) in [4.78, 5) is 16.3. The van der Waals surface area contributed by atoms with E-state index >= 15 is 0 Å². The number of likely N-dealkylation sites (N-methyl/N-ethyl adjacent to an activating group) is 1. The number of nitrogens with zero attached hydrogens (tertiary/aromatic N) is 2. The second-order valence-corrected chi connectivity index (χ2v) is 6.52. The largest absolute Gasteiger partial charge is 0.368 e. The van der Waals surface area contributed by atoms with Gasteiger partial charge >= 0.3 is 0 Å². The third kappa shape index (κ3) is 5.38. The molecule has 1 heterocycles. The minimum Gasteiger partial charge on any atom is -0.368 e. The van der Waals surface area contributed by atoms with Gasteiger partial charge in [-0.2, -0.15) is 0 Å². The smallest absolute Gasteiger partial charge is 0.237 e. The second-order valence-electron chi connectivity index (χ2n) is 6.52. The minimum absolute atomic E-state index is 0.248. The maximum absolute atomic E-state index is 11.6. The molecule has 5 heteroatoms. The number of piperidine rings is 1. The molecule has 0 radical (unpaired) electrons. The summed E-state index contributed by atoms with van der Waals surface area (Å²) >= 11 is 0. The predicted octanol–water partition coefficient (Wildman–Crippen LogP) is 0.504. The van der Waals surface area contributed by atoms with Crippen LogP contribution >= 0.6 is 0 Å². The molecule has 5 nitrogen and oxygen atoms in total. The normalized spacial score (nSPS) is 21.1. The summed E-state index contributed by atoms with van der Waals surface area (Å²) in [5.74, 6) is 0.569. The molecule has 1 amide bonds. The molecule has 1 atom stereocenters. The van der Waals surface area contributed by atoms with Crippen molar-refractivity contribution < 1.29 is 4.79 Å². The first kappa shape index (κ1) is 17.4. The Morgan fingerprint density at radius 1 is 1.40 bits per heavy atom. The molecular weight excluding hydrogens is 252 g/mol. The lowest BCUT2D eigenvalue weighted by Gasteiger charge is -2.35. The van der Waals surface area contributed by atoms with Crippen LogP contribution in [0.4, 0.5) is 0 Å². The first-order valence-corrected chi connectivity index (χ1v) is 7.79. The zero-order valence-electron chi connectivity index (χ0n) is 13.6. The number of hydrogen-bond donors (Lipinski definition) is 2. The predicted molar refractivity (Wildman–Crippen MR) is 83.6 cm³/mol. The number of amides is 1. The maximum Gasteiger partial charge on any atom is 0.237 e. The van der Waals surface area contributed by atoms with Crippen molar-refractivity contribution >= 4 is 5.91 Å². The zero-order valence-corrected chi connectivity index (χ0v) is 13.6. The monoisotopic (exact) mass is 284 g/mol. The molecule has 0 aromatic carbocycles. The fourth-order valence-electron chi connectivity index (χ4n) is 2.98. The van der Waals surface area contributed by atoms with Crippen molar-refractivity contribution in [1.29, 1.82) is 0 Å². The molecule has 1 rings (SSSR count). The molecule has 1 saturated heterocycles. The van der Waals surface area contributed by atoms with E-state index in [1.54, 1.807) is 0 Å². The molecule has 0 aromatic rings. The Hall–Kier alpha value is -0.650. The molecule has 0 aromatic heterocycles. The Morgan fingerprint density at radius 2 is 2.00 bits per heavy atom. The summed E-state index contributed by atoms with van der Waals surface area (Å²) in [5.41, 5.74) is 4.95. The third-order valence-corrected chi connectivity index (χ3v) is 4.37. The highest BCUT2D eigenvalue weighted by molar-refractivity contribution is 5.84. The third-order valence-electron chi connectivity index (χ3n) is 4.37. The quantitative estimate of drug-likeness (QED) is 0.681. The standard InChI is InChI=1S/C15H32N4O/c1-5-17-15(2,14(16)20)8-11-19-9-6-13(7-10-19)12-18(3)4/h13,17H,5-12H2,1-4H3,(H2,16,20). The lowest BCUT2D eigenvalue weighted by atomic mass is 9.93. The fraction of sp³-hybridized carbons (Fsp3) is 0.933. The number of carbonyl (C=O) groups is 1. The Labute approximate surface area is 123 Å². The highest BCUT2D eigenvalue weighted by Crippen LogP contribution is 2.19. The van der Waals surface area contributed by atoms with Crippen LogP contribution in [0.3, 0.4) is 0 Å². The Kier molecular flexibility index (Phi) is 6.92. The van der Waals surface area contributed by atoms with Crippen molar-refractivity contribution in [2.75, 3.05) is 46.8 Å². The summed E-state index contributed by atoms with van der Waals surface area (Å²) in [6.07, 6.45) is 3.30. The Bertz CT molecular complexity index is 300. The van der Waals surface area contributed by atoms with E-state index in [9.17, 15) is 4.79 Å². The number of nitrogens with two attached hydrogens (primary N) is 1. The van der Waals surface area contributed by atoms with Crippen molar-refractivity contribution in [3.8, 4) is 0 Å². The molecule has 118 valence electrons. The van der Waals surface area contributed by atoms with E-state index in [-0.39, 0.29) is 5.91 Å². The van der Waals surface area contributed by atoms with E-state index in [1.165, 1.54) is 19.4 Å². The van der Waals surface area contributed by atoms with Gasteiger partial charge in [0, 0.05) is 13.1 Å². The van der Waals surface area contributed by atoms with Gasteiger partial charge in [-0.25, -0.2) is 0 Å². The average molecular weight is 284 g/mol. The van der Waals surface area contributed by atoms with Crippen LogP contribution in [0.2, 0.25) is 0 Å². The first-order chi connectivity index (χ1) is 9.37. The van der Waals surface area contributed by atoms with Crippen LogP contribution < -0.4 is 11.1 Å². The van der Waals surface area contributed by atoms with Gasteiger partial charge in [0.25, 0.3) is 0 Å². The van der Waals surface area contributed by atoms with E-state index < -0.39 is 5.54 Å². The van der Waals surface area contributed by atoms with Crippen LogP contribution in [-0.2, 0) is 4.79 Å². The van der Waals surface area contributed by atoms with Crippen LogP contribution in [0.25, 0.3) is 0 Å². The van der Waals surface area contributed by atoms with Crippen LogP contribution in [0.1, 0.15) is 33.1 Å². The molecule has 1 aliphatic rings. The van der Waals surface area contributed by atoms with Crippen LogP contribution in [0.5, 0.6) is 0 Å². The van der Waals surface area contributed by atoms with Gasteiger partial charge < -0.3 is 20.9 Å². The molecule has 20 heavy (non-hydrogen) atoms. The fourth-order valence-corrected chi connectivity index (χ4v) is 2.98. The van der Waals surface area contributed by atoms with Gasteiger partial charge in [0.05, 0.1) is 5.54 Å². The second kappa shape index (κ2) is 7.96. The Morgan fingerprint density at radius 3 is 2.45 bits per heavy atom. The van der Waals surface area contributed by atoms with Gasteiger partial charge in [-0.1, -0.05) is 6.92 Å². The topological polar surface area (TPSA) is 61.6 Å². The molecule has 1 unspecified atom stereocenters. The van der Waals surface area contributed by atoms with E-state index in [0.717, 1.165) is 38.5 Å². The lowest BCUT2D eigenvalue weighted by Crippen LogP contribution is -2.54. The summed E-state index contributed by atoms with van der Waals surface area (Å²) in [7, 11) is 4.28. The highest BCUT2D eigenvalue weighted by atomic mass is 16.1. The van der Waals surface area contributed by atoms with E-state index in [0.29, 0.717) is 0 Å². The van der Waals surface area contributed by atoms with Gasteiger partial charge in [0.15, 0.2) is 0 Å². The molecule has 0 aliphatic carbocycles. The first-order valence-electron chi connectivity index (χ1n) is 7.79. The van der Waals surface area contributed by atoms with Gasteiger partial charge in [0.2, 0.25) is 5.91 Å². The number of nitrogens with one attached hydrogen (secondary N) is 1. The van der Waals surface area contributed by atoms with Crippen LogP contribution in [0, 0.1) is 5.92 Å². The summed E-state index contributed by atoms with van der Waals surface area (Å²) < 4.78 is 0. The van der Waals surface area contributed by atoms with Crippen molar-refractivity contribution in [2.24, 2.45) is 11.7 Å². The molecule has 0 saturated carbocycles. The van der Waals surface area contributed by atoms with Crippen molar-refractivity contribution in [3.63, 3.8) is 0 Å². The van der Waals surface area contributed by atoms with Crippen molar-refractivity contribution in [2.45, 2.75) is 38.6 Å². The molecule has 0 bridgehead atoms. The van der Waals surface area contributed by atoms with Crippen molar-refractivity contribution in [1.82, 2.24) is 15.1 Å². The van der Waals surface area contributed by atoms with Crippen molar-refractivity contribution in [3.05, 3.63) is 0 Å². The minimum atomic E-state index is -0.574. The number of likely N-dealkylation sites (tertiary alicyclic amines) is 1. The number of hydrogen-bond acceptors (Lipinski definition) is 4.